The lowest BCUT2D eigenvalue weighted by atomic mass is 10.2. The zero-order valence-electron chi connectivity index (χ0n) is 12.0. The molecule has 0 saturated carbocycles. The van der Waals surface area contributed by atoms with E-state index in [2.05, 4.69) is 29.7 Å². The van der Waals surface area contributed by atoms with Crippen LogP contribution in [0.1, 0.15) is 32.0 Å². The van der Waals surface area contributed by atoms with E-state index < -0.39 is 9.84 Å². The van der Waals surface area contributed by atoms with E-state index in [-0.39, 0.29) is 11.0 Å². The summed E-state index contributed by atoms with van der Waals surface area (Å²) >= 11 is 0. The molecular weight excluding hydrogens is 258 g/mol. The number of aromatic nitrogens is 1. The standard InChI is InChI=1S/C15H21NO2S/c1-5-16-14(10-19(17,18)11(2)3)9-13-7-6-12(4)8-15(13)16/h6-9,11H,5,10H2,1-4H3. The van der Waals surface area contributed by atoms with Crippen LogP contribution in [-0.2, 0) is 22.1 Å². The van der Waals surface area contributed by atoms with Crippen LogP contribution in [-0.4, -0.2) is 18.2 Å². The van der Waals surface area contributed by atoms with E-state index in [1.165, 1.54) is 5.56 Å². The summed E-state index contributed by atoms with van der Waals surface area (Å²) in [6.45, 7) is 8.36. The van der Waals surface area contributed by atoms with Crippen molar-refractivity contribution < 1.29 is 8.42 Å². The van der Waals surface area contributed by atoms with Gasteiger partial charge in [0.25, 0.3) is 0 Å². The van der Waals surface area contributed by atoms with E-state index in [1.54, 1.807) is 13.8 Å². The summed E-state index contributed by atoms with van der Waals surface area (Å²) in [4.78, 5) is 0. The molecule has 0 saturated heterocycles. The predicted molar refractivity (Wildman–Crippen MR) is 80.1 cm³/mol. The van der Waals surface area contributed by atoms with Crippen LogP contribution < -0.4 is 0 Å². The Labute approximate surface area is 115 Å². The van der Waals surface area contributed by atoms with Crippen molar-refractivity contribution in [2.75, 3.05) is 0 Å². The SMILES string of the molecule is CCn1c(CS(=O)(=O)C(C)C)cc2ccc(C)cc21. The zero-order valence-corrected chi connectivity index (χ0v) is 12.8. The molecule has 0 aliphatic carbocycles. The summed E-state index contributed by atoms with van der Waals surface area (Å²) in [5.41, 5.74) is 3.20. The second-order valence-electron chi connectivity index (χ2n) is 5.30. The van der Waals surface area contributed by atoms with E-state index in [0.29, 0.717) is 0 Å². The number of hydrogen-bond donors (Lipinski definition) is 0. The molecule has 0 bridgehead atoms. The van der Waals surface area contributed by atoms with Gasteiger partial charge in [-0.3, -0.25) is 0 Å². The van der Waals surface area contributed by atoms with Gasteiger partial charge in [-0.05, 0) is 50.8 Å². The van der Waals surface area contributed by atoms with Crippen molar-refractivity contribution in [3.63, 3.8) is 0 Å². The highest BCUT2D eigenvalue weighted by atomic mass is 32.2. The third-order valence-corrected chi connectivity index (χ3v) is 5.66. The molecule has 2 rings (SSSR count). The van der Waals surface area contributed by atoms with Crippen molar-refractivity contribution in [2.24, 2.45) is 0 Å². The Kier molecular flexibility index (Phi) is 3.72. The third-order valence-electron chi connectivity index (χ3n) is 3.53. The number of nitrogens with zero attached hydrogens (tertiary/aromatic N) is 1. The summed E-state index contributed by atoms with van der Waals surface area (Å²) in [6.07, 6.45) is 0. The van der Waals surface area contributed by atoms with Gasteiger partial charge in [-0.2, -0.15) is 0 Å². The maximum atomic E-state index is 12.1. The number of rotatable bonds is 4. The fourth-order valence-corrected chi connectivity index (χ4v) is 3.27. The normalized spacial score (nSPS) is 12.5. The van der Waals surface area contributed by atoms with Crippen LogP contribution >= 0.6 is 0 Å². The Hall–Kier alpha value is -1.29. The lowest BCUT2D eigenvalue weighted by Crippen LogP contribution is -2.18. The maximum absolute atomic E-state index is 12.1. The van der Waals surface area contributed by atoms with Gasteiger partial charge in [-0.25, -0.2) is 8.42 Å². The van der Waals surface area contributed by atoms with Gasteiger partial charge in [-0.15, -0.1) is 0 Å². The molecule has 1 aromatic heterocycles. The number of fused-ring (bicyclic) bond motifs is 1. The molecule has 0 atom stereocenters. The lowest BCUT2D eigenvalue weighted by Gasteiger charge is -2.11. The highest BCUT2D eigenvalue weighted by molar-refractivity contribution is 7.91. The minimum absolute atomic E-state index is 0.117. The Morgan fingerprint density at radius 1 is 1.21 bits per heavy atom. The first-order chi connectivity index (χ1) is 8.85. The Morgan fingerprint density at radius 2 is 1.89 bits per heavy atom. The van der Waals surface area contributed by atoms with Crippen molar-refractivity contribution in [1.82, 2.24) is 4.57 Å². The molecule has 0 radical (unpaired) electrons. The van der Waals surface area contributed by atoms with E-state index in [0.717, 1.165) is 23.1 Å². The molecule has 2 aromatic rings. The summed E-state index contributed by atoms with van der Waals surface area (Å²) in [5.74, 6) is 0.117. The van der Waals surface area contributed by atoms with Crippen LogP contribution in [0, 0.1) is 6.92 Å². The smallest absolute Gasteiger partial charge is 0.158 e. The summed E-state index contributed by atoms with van der Waals surface area (Å²) in [5, 5.41) is 0.777. The van der Waals surface area contributed by atoms with Crippen LogP contribution in [0.3, 0.4) is 0 Å². The average Bonchev–Trinajstić information content (AvgIpc) is 2.64. The topological polar surface area (TPSA) is 39.1 Å². The fourth-order valence-electron chi connectivity index (χ4n) is 2.29. The summed E-state index contributed by atoms with van der Waals surface area (Å²) in [6, 6.07) is 8.23. The zero-order chi connectivity index (χ0) is 14.2. The van der Waals surface area contributed by atoms with Gasteiger partial charge in [0.1, 0.15) is 0 Å². The Bertz CT molecular complexity index is 696. The monoisotopic (exact) mass is 279 g/mol. The first kappa shape index (κ1) is 14.1. The molecule has 0 spiro atoms. The molecule has 19 heavy (non-hydrogen) atoms. The summed E-state index contributed by atoms with van der Waals surface area (Å²) < 4.78 is 26.3. The van der Waals surface area contributed by atoms with Crippen molar-refractivity contribution >= 4 is 20.7 Å². The number of benzene rings is 1. The molecule has 3 nitrogen and oxygen atoms in total. The number of aryl methyl sites for hydroxylation is 2. The Balaban J connectivity index is 2.55. The fraction of sp³-hybridized carbons (Fsp3) is 0.467. The van der Waals surface area contributed by atoms with Gasteiger partial charge >= 0.3 is 0 Å². The predicted octanol–water partition coefficient (Wildman–Crippen LogP) is 3.29. The third kappa shape index (κ3) is 2.68. The molecule has 0 N–H and O–H groups in total. The van der Waals surface area contributed by atoms with Crippen molar-refractivity contribution in [3.8, 4) is 0 Å². The van der Waals surface area contributed by atoms with Crippen molar-refractivity contribution in [2.45, 2.75) is 45.2 Å². The highest BCUT2D eigenvalue weighted by Gasteiger charge is 2.20. The van der Waals surface area contributed by atoms with Crippen LogP contribution in [0.25, 0.3) is 10.9 Å². The first-order valence-corrected chi connectivity index (χ1v) is 8.37. The maximum Gasteiger partial charge on any atom is 0.158 e. The quantitative estimate of drug-likeness (QED) is 0.861. The van der Waals surface area contributed by atoms with Gasteiger partial charge in [0.2, 0.25) is 0 Å². The molecule has 1 aromatic carbocycles. The molecule has 0 fully saturated rings. The molecular formula is C15H21NO2S. The minimum Gasteiger partial charge on any atom is -0.344 e. The highest BCUT2D eigenvalue weighted by Crippen LogP contribution is 2.23. The summed E-state index contributed by atoms with van der Waals surface area (Å²) in [7, 11) is -3.06. The molecule has 0 amide bonds. The van der Waals surface area contributed by atoms with Gasteiger partial charge in [0, 0.05) is 17.8 Å². The van der Waals surface area contributed by atoms with Gasteiger partial charge < -0.3 is 4.57 Å². The van der Waals surface area contributed by atoms with Crippen LogP contribution in [0.15, 0.2) is 24.3 Å². The van der Waals surface area contributed by atoms with Crippen molar-refractivity contribution in [3.05, 3.63) is 35.5 Å². The van der Waals surface area contributed by atoms with Gasteiger partial charge in [0.05, 0.1) is 11.0 Å². The Morgan fingerprint density at radius 3 is 2.47 bits per heavy atom. The first-order valence-electron chi connectivity index (χ1n) is 6.65. The van der Waals surface area contributed by atoms with Crippen LogP contribution in [0.5, 0.6) is 0 Å². The van der Waals surface area contributed by atoms with Crippen molar-refractivity contribution in [1.29, 1.82) is 0 Å². The van der Waals surface area contributed by atoms with E-state index >= 15 is 0 Å². The molecule has 104 valence electrons. The molecule has 0 aliphatic rings. The molecule has 0 unspecified atom stereocenters. The molecule has 1 heterocycles. The average molecular weight is 279 g/mol. The largest absolute Gasteiger partial charge is 0.344 e. The van der Waals surface area contributed by atoms with E-state index in [9.17, 15) is 8.42 Å². The van der Waals surface area contributed by atoms with Gasteiger partial charge in [-0.1, -0.05) is 12.1 Å². The molecule has 4 heteroatoms. The second kappa shape index (κ2) is 5.00. The second-order valence-corrected chi connectivity index (χ2v) is 7.86. The van der Waals surface area contributed by atoms with E-state index in [4.69, 9.17) is 0 Å². The van der Waals surface area contributed by atoms with Crippen LogP contribution in [0.2, 0.25) is 0 Å². The van der Waals surface area contributed by atoms with Crippen LogP contribution in [0.4, 0.5) is 0 Å². The number of sulfone groups is 1. The number of hydrogen-bond acceptors (Lipinski definition) is 2. The minimum atomic E-state index is -3.06. The van der Waals surface area contributed by atoms with Gasteiger partial charge in [0.15, 0.2) is 9.84 Å². The molecule has 0 aliphatic heterocycles. The lowest BCUT2D eigenvalue weighted by molar-refractivity contribution is 0.584. The van der Waals surface area contributed by atoms with E-state index in [1.807, 2.05) is 13.0 Å².